The van der Waals surface area contributed by atoms with Crippen LogP contribution in [0.15, 0.2) is 30.3 Å². The number of alkyl carbamates (subject to hydrolysis) is 1. The largest absolute Gasteiger partial charge is 0.459 e. The van der Waals surface area contributed by atoms with E-state index in [9.17, 15) is 19.2 Å². The second kappa shape index (κ2) is 11.5. The van der Waals surface area contributed by atoms with Crippen LogP contribution >= 0.6 is 0 Å². The van der Waals surface area contributed by atoms with E-state index in [2.05, 4.69) is 10.6 Å². The molecule has 0 radical (unpaired) electrons. The lowest BCUT2D eigenvalue weighted by Crippen LogP contribution is -2.52. The third kappa shape index (κ3) is 10.8. The fraction of sp³-hybridized carbons (Fsp3) is 0.565. The van der Waals surface area contributed by atoms with Gasteiger partial charge in [-0.15, -0.1) is 0 Å². The Hall–Kier alpha value is -3.10. The Morgan fingerprint density at radius 2 is 1.44 bits per heavy atom. The van der Waals surface area contributed by atoms with Crippen LogP contribution in [-0.2, 0) is 30.3 Å². The topological polar surface area (TPSA) is 114 Å². The van der Waals surface area contributed by atoms with Crippen LogP contribution in [0.25, 0.3) is 0 Å². The second-order valence-electron chi connectivity index (χ2n) is 9.37. The number of nitrogens with one attached hydrogen (secondary N) is 2. The molecule has 0 aliphatic heterocycles. The molecule has 3 amide bonds. The molecule has 0 bridgehead atoms. The number of benzene rings is 1. The Bertz CT molecular complexity index is 796. The van der Waals surface area contributed by atoms with Gasteiger partial charge in [-0.25, -0.2) is 4.79 Å². The Kier molecular flexibility index (Phi) is 9.68. The third-order valence-electron chi connectivity index (χ3n) is 4.05. The Labute approximate surface area is 189 Å². The van der Waals surface area contributed by atoms with Crippen molar-refractivity contribution in [3.63, 3.8) is 0 Å². The van der Waals surface area contributed by atoms with Gasteiger partial charge >= 0.3 is 12.1 Å². The molecule has 1 rings (SSSR count). The van der Waals surface area contributed by atoms with E-state index < -0.39 is 41.1 Å². The number of nitrogens with zero attached hydrogens (tertiary/aromatic N) is 1. The molecule has 9 nitrogen and oxygen atoms in total. The lowest BCUT2D eigenvalue weighted by molar-refractivity contribution is -0.154. The van der Waals surface area contributed by atoms with Gasteiger partial charge in [-0.2, -0.15) is 0 Å². The smallest absolute Gasteiger partial charge is 0.408 e. The summed E-state index contributed by atoms with van der Waals surface area (Å²) in [4.78, 5) is 50.6. The highest BCUT2D eigenvalue weighted by Gasteiger charge is 2.28. The van der Waals surface area contributed by atoms with Crippen molar-refractivity contribution in [2.24, 2.45) is 0 Å². The SMILES string of the molecule is CN(C(=O)CNC(=O)OC(C)(C)C)[C@H](Cc1ccccc1)C(=O)NCC(=O)OC(C)(C)C. The average molecular weight is 450 g/mol. The van der Waals surface area contributed by atoms with Crippen molar-refractivity contribution in [2.75, 3.05) is 20.1 Å². The molecular weight excluding hydrogens is 414 g/mol. The van der Waals surface area contributed by atoms with Crippen LogP contribution in [0.3, 0.4) is 0 Å². The van der Waals surface area contributed by atoms with Crippen molar-refractivity contribution in [2.45, 2.75) is 65.2 Å². The minimum Gasteiger partial charge on any atom is -0.459 e. The molecule has 0 unspecified atom stereocenters. The standard InChI is InChI=1S/C23H35N3O6/c1-22(2,3)31-19(28)15-24-20(29)17(13-16-11-9-8-10-12-16)26(7)18(27)14-25-21(30)32-23(4,5)6/h8-12,17H,13-15H2,1-7H3,(H,24,29)(H,25,30)/t17-/m1/s1. The first-order valence-corrected chi connectivity index (χ1v) is 10.4. The van der Waals surface area contributed by atoms with Crippen molar-refractivity contribution >= 4 is 23.9 Å². The molecule has 0 aliphatic carbocycles. The molecule has 1 aromatic rings. The first-order chi connectivity index (χ1) is 14.7. The van der Waals surface area contributed by atoms with E-state index in [0.717, 1.165) is 5.56 Å². The van der Waals surface area contributed by atoms with Gasteiger partial charge in [0.05, 0.1) is 0 Å². The average Bonchev–Trinajstić information content (AvgIpc) is 2.66. The number of likely N-dealkylation sites (N-methyl/N-ethyl adjacent to an activating group) is 1. The van der Waals surface area contributed by atoms with Crippen molar-refractivity contribution in [3.8, 4) is 0 Å². The number of carbonyl (C=O) groups excluding carboxylic acids is 4. The molecule has 2 N–H and O–H groups in total. The Morgan fingerprint density at radius 3 is 1.97 bits per heavy atom. The van der Waals surface area contributed by atoms with Gasteiger partial charge in [0.25, 0.3) is 0 Å². The van der Waals surface area contributed by atoms with Crippen molar-refractivity contribution in [1.82, 2.24) is 15.5 Å². The highest BCUT2D eigenvalue weighted by Crippen LogP contribution is 2.10. The van der Waals surface area contributed by atoms with Crippen LogP contribution in [0.4, 0.5) is 4.79 Å². The number of hydrogen-bond donors (Lipinski definition) is 2. The summed E-state index contributed by atoms with van der Waals surface area (Å²) in [7, 11) is 1.47. The van der Waals surface area contributed by atoms with Gasteiger partial charge < -0.3 is 25.0 Å². The molecule has 0 spiro atoms. The molecule has 1 aromatic carbocycles. The van der Waals surface area contributed by atoms with Gasteiger partial charge in [-0.3, -0.25) is 14.4 Å². The summed E-state index contributed by atoms with van der Waals surface area (Å²) >= 11 is 0. The Balaban J connectivity index is 2.83. The summed E-state index contributed by atoms with van der Waals surface area (Å²) < 4.78 is 10.3. The van der Waals surface area contributed by atoms with E-state index in [1.165, 1.54) is 11.9 Å². The molecule has 0 saturated carbocycles. The van der Waals surface area contributed by atoms with E-state index in [1.54, 1.807) is 41.5 Å². The lowest BCUT2D eigenvalue weighted by atomic mass is 10.0. The summed E-state index contributed by atoms with van der Waals surface area (Å²) in [6, 6.07) is 8.29. The number of amides is 3. The first kappa shape index (κ1) is 26.9. The van der Waals surface area contributed by atoms with Gasteiger partial charge in [0.2, 0.25) is 11.8 Å². The monoisotopic (exact) mass is 449 g/mol. The normalized spacial score (nSPS) is 12.3. The van der Waals surface area contributed by atoms with Crippen LogP contribution in [0.5, 0.6) is 0 Å². The number of hydrogen-bond acceptors (Lipinski definition) is 6. The molecule has 32 heavy (non-hydrogen) atoms. The molecule has 0 fully saturated rings. The molecular formula is C23H35N3O6. The number of ether oxygens (including phenoxy) is 2. The zero-order valence-electron chi connectivity index (χ0n) is 20.0. The van der Waals surface area contributed by atoms with Crippen molar-refractivity contribution < 1.29 is 28.7 Å². The summed E-state index contributed by atoms with van der Waals surface area (Å²) in [5.41, 5.74) is -0.536. The van der Waals surface area contributed by atoms with Crippen LogP contribution in [-0.4, -0.2) is 66.2 Å². The lowest BCUT2D eigenvalue weighted by Gasteiger charge is -2.28. The van der Waals surface area contributed by atoms with Gasteiger partial charge in [-0.05, 0) is 47.1 Å². The number of carbonyl (C=O) groups is 4. The van der Waals surface area contributed by atoms with Gasteiger partial charge in [0.15, 0.2) is 0 Å². The van der Waals surface area contributed by atoms with Crippen LogP contribution in [0.2, 0.25) is 0 Å². The van der Waals surface area contributed by atoms with E-state index in [1.807, 2.05) is 30.3 Å². The Morgan fingerprint density at radius 1 is 0.875 bits per heavy atom. The predicted molar refractivity (Wildman–Crippen MR) is 120 cm³/mol. The molecule has 0 heterocycles. The zero-order valence-corrected chi connectivity index (χ0v) is 20.0. The molecule has 1 atom stereocenters. The number of esters is 1. The van der Waals surface area contributed by atoms with Crippen molar-refractivity contribution in [3.05, 3.63) is 35.9 Å². The van der Waals surface area contributed by atoms with Gasteiger partial charge in [0, 0.05) is 13.5 Å². The van der Waals surface area contributed by atoms with Gasteiger partial charge in [0.1, 0.15) is 30.3 Å². The first-order valence-electron chi connectivity index (χ1n) is 10.4. The van der Waals surface area contributed by atoms with E-state index in [-0.39, 0.29) is 19.5 Å². The molecule has 0 aliphatic rings. The maximum Gasteiger partial charge on any atom is 0.408 e. The summed E-state index contributed by atoms with van der Waals surface area (Å²) in [6.07, 6.45) is -0.497. The minimum atomic E-state index is -0.896. The third-order valence-corrected chi connectivity index (χ3v) is 4.05. The number of rotatable bonds is 8. The summed E-state index contributed by atoms with van der Waals surface area (Å²) in [5.74, 6) is -1.57. The zero-order chi connectivity index (χ0) is 24.5. The maximum atomic E-state index is 12.9. The molecule has 0 aromatic heterocycles. The molecule has 178 valence electrons. The van der Waals surface area contributed by atoms with E-state index in [4.69, 9.17) is 9.47 Å². The highest BCUT2D eigenvalue weighted by molar-refractivity contribution is 5.91. The summed E-state index contributed by atoms with van der Waals surface area (Å²) in [6.45, 7) is 9.68. The van der Waals surface area contributed by atoms with Gasteiger partial charge in [-0.1, -0.05) is 30.3 Å². The molecule has 9 heteroatoms. The predicted octanol–water partition coefficient (Wildman–Crippen LogP) is 2.04. The minimum absolute atomic E-state index is 0.232. The fourth-order valence-corrected chi connectivity index (χ4v) is 2.66. The van der Waals surface area contributed by atoms with E-state index >= 15 is 0 Å². The summed E-state index contributed by atoms with van der Waals surface area (Å²) in [5, 5.41) is 4.93. The van der Waals surface area contributed by atoms with Crippen molar-refractivity contribution in [1.29, 1.82) is 0 Å². The fourth-order valence-electron chi connectivity index (χ4n) is 2.66. The van der Waals surface area contributed by atoms with Crippen LogP contribution in [0, 0.1) is 0 Å². The van der Waals surface area contributed by atoms with Crippen LogP contribution < -0.4 is 10.6 Å². The van der Waals surface area contributed by atoms with E-state index in [0.29, 0.717) is 0 Å². The maximum absolute atomic E-state index is 12.9. The molecule has 0 saturated heterocycles. The quantitative estimate of drug-likeness (QED) is 0.587. The second-order valence-corrected chi connectivity index (χ2v) is 9.37. The highest BCUT2D eigenvalue weighted by atomic mass is 16.6. The van der Waals surface area contributed by atoms with Crippen LogP contribution in [0.1, 0.15) is 47.1 Å².